The Morgan fingerprint density at radius 3 is 3.00 bits per heavy atom. The fraction of sp³-hybridized carbons (Fsp3) is 0.556. The predicted octanol–water partition coefficient (Wildman–Crippen LogP) is 2.20. The molecular weight excluding hydrogens is 152 g/mol. The largest absolute Gasteiger partial charge is 0.339 e. The standard InChI is InChI=1S/C9H12N2O/c1-7-10-9(12-11-7)8-5-3-2-4-6-8/h2-3,8H,4-6H2,1H3/t8-/m1/s1. The van der Waals surface area contributed by atoms with Crippen LogP contribution >= 0.6 is 0 Å². The molecule has 1 aliphatic carbocycles. The van der Waals surface area contributed by atoms with Gasteiger partial charge in [0.25, 0.3) is 0 Å². The number of aromatic nitrogens is 2. The fourth-order valence-electron chi connectivity index (χ4n) is 1.50. The van der Waals surface area contributed by atoms with Crippen molar-refractivity contribution in [3.05, 3.63) is 23.9 Å². The molecule has 0 aromatic carbocycles. The zero-order valence-electron chi connectivity index (χ0n) is 7.16. The van der Waals surface area contributed by atoms with Gasteiger partial charge in [-0.15, -0.1) is 0 Å². The van der Waals surface area contributed by atoms with E-state index in [9.17, 15) is 0 Å². The van der Waals surface area contributed by atoms with Gasteiger partial charge in [0.15, 0.2) is 5.82 Å². The van der Waals surface area contributed by atoms with Crippen molar-refractivity contribution in [1.29, 1.82) is 0 Å². The number of allylic oxidation sites excluding steroid dienone is 2. The van der Waals surface area contributed by atoms with Gasteiger partial charge >= 0.3 is 0 Å². The molecule has 1 heterocycles. The van der Waals surface area contributed by atoms with Crippen molar-refractivity contribution in [3.63, 3.8) is 0 Å². The van der Waals surface area contributed by atoms with Gasteiger partial charge in [0.1, 0.15) is 0 Å². The van der Waals surface area contributed by atoms with Crippen molar-refractivity contribution in [2.45, 2.75) is 32.1 Å². The second kappa shape index (κ2) is 3.09. The van der Waals surface area contributed by atoms with E-state index in [0.29, 0.717) is 5.92 Å². The van der Waals surface area contributed by atoms with E-state index in [4.69, 9.17) is 4.52 Å². The van der Waals surface area contributed by atoms with Crippen LogP contribution in [0.5, 0.6) is 0 Å². The van der Waals surface area contributed by atoms with Gasteiger partial charge < -0.3 is 4.52 Å². The van der Waals surface area contributed by atoms with E-state index in [1.807, 2.05) is 6.92 Å². The first-order valence-corrected chi connectivity index (χ1v) is 4.31. The maximum atomic E-state index is 5.11. The number of hydrogen-bond acceptors (Lipinski definition) is 3. The van der Waals surface area contributed by atoms with Crippen molar-refractivity contribution in [3.8, 4) is 0 Å². The molecule has 0 fully saturated rings. The van der Waals surface area contributed by atoms with Gasteiger partial charge in [0.05, 0.1) is 0 Å². The molecular formula is C9H12N2O. The monoisotopic (exact) mass is 164 g/mol. The summed E-state index contributed by atoms with van der Waals surface area (Å²) in [6, 6.07) is 0. The molecule has 1 aromatic rings. The van der Waals surface area contributed by atoms with Gasteiger partial charge in [-0.1, -0.05) is 17.3 Å². The molecule has 0 saturated heterocycles. The second-order valence-electron chi connectivity index (χ2n) is 3.16. The lowest BCUT2D eigenvalue weighted by Crippen LogP contribution is -2.00. The highest BCUT2D eigenvalue weighted by Gasteiger charge is 2.17. The van der Waals surface area contributed by atoms with Crippen LogP contribution in [-0.2, 0) is 0 Å². The lowest BCUT2D eigenvalue weighted by molar-refractivity contribution is 0.342. The number of rotatable bonds is 1. The van der Waals surface area contributed by atoms with E-state index in [2.05, 4.69) is 22.3 Å². The molecule has 1 aromatic heterocycles. The molecule has 64 valence electrons. The summed E-state index contributed by atoms with van der Waals surface area (Å²) < 4.78 is 5.11. The van der Waals surface area contributed by atoms with Gasteiger partial charge in [0, 0.05) is 5.92 Å². The first kappa shape index (κ1) is 7.53. The van der Waals surface area contributed by atoms with E-state index in [0.717, 1.165) is 31.0 Å². The number of aryl methyl sites for hydroxylation is 1. The van der Waals surface area contributed by atoms with E-state index < -0.39 is 0 Å². The third-order valence-electron chi connectivity index (χ3n) is 2.16. The Morgan fingerprint density at radius 1 is 1.50 bits per heavy atom. The summed E-state index contributed by atoms with van der Waals surface area (Å²) in [5, 5.41) is 3.78. The molecule has 12 heavy (non-hydrogen) atoms. The van der Waals surface area contributed by atoms with Gasteiger partial charge in [0.2, 0.25) is 5.89 Å². The van der Waals surface area contributed by atoms with Crippen LogP contribution < -0.4 is 0 Å². The Hall–Kier alpha value is -1.12. The van der Waals surface area contributed by atoms with Crippen molar-refractivity contribution in [2.75, 3.05) is 0 Å². The lowest BCUT2D eigenvalue weighted by Gasteiger charge is -2.12. The lowest BCUT2D eigenvalue weighted by atomic mass is 9.94. The van der Waals surface area contributed by atoms with Gasteiger partial charge in [-0.25, -0.2) is 0 Å². The van der Waals surface area contributed by atoms with E-state index in [1.54, 1.807) is 0 Å². The van der Waals surface area contributed by atoms with Crippen LogP contribution in [0.4, 0.5) is 0 Å². The van der Waals surface area contributed by atoms with Crippen molar-refractivity contribution >= 4 is 0 Å². The van der Waals surface area contributed by atoms with Crippen molar-refractivity contribution < 1.29 is 4.52 Å². The minimum Gasteiger partial charge on any atom is -0.339 e. The van der Waals surface area contributed by atoms with Crippen LogP contribution in [0.1, 0.15) is 36.9 Å². The van der Waals surface area contributed by atoms with E-state index in [-0.39, 0.29) is 0 Å². The molecule has 0 spiro atoms. The maximum Gasteiger partial charge on any atom is 0.230 e. The second-order valence-corrected chi connectivity index (χ2v) is 3.16. The van der Waals surface area contributed by atoms with Crippen LogP contribution in [0, 0.1) is 6.92 Å². The Labute approximate surface area is 71.5 Å². The fourth-order valence-corrected chi connectivity index (χ4v) is 1.50. The average Bonchev–Trinajstić information content (AvgIpc) is 2.54. The summed E-state index contributed by atoms with van der Waals surface area (Å²) in [6.07, 6.45) is 7.71. The number of nitrogens with zero attached hydrogens (tertiary/aromatic N) is 2. The zero-order chi connectivity index (χ0) is 8.39. The Bertz CT molecular complexity index is 290. The highest BCUT2D eigenvalue weighted by atomic mass is 16.5. The molecule has 0 N–H and O–H groups in total. The van der Waals surface area contributed by atoms with Crippen LogP contribution in [-0.4, -0.2) is 10.1 Å². The Morgan fingerprint density at radius 2 is 2.42 bits per heavy atom. The normalized spacial score (nSPS) is 22.9. The molecule has 0 radical (unpaired) electrons. The van der Waals surface area contributed by atoms with Gasteiger partial charge in [-0.05, 0) is 26.2 Å². The maximum absolute atomic E-state index is 5.11. The molecule has 1 aliphatic rings. The third-order valence-corrected chi connectivity index (χ3v) is 2.16. The van der Waals surface area contributed by atoms with Crippen LogP contribution in [0.3, 0.4) is 0 Å². The summed E-state index contributed by atoms with van der Waals surface area (Å²) in [4.78, 5) is 4.22. The van der Waals surface area contributed by atoms with Crippen molar-refractivity contribution in [2.24, 2.45) is 0 Å². The SMILES string of the molecule is Cc1noc([C@@H]2CC=CCC2)n1. The average molecular weight is 164 g/mol. The zero-order valence-corrected chi connectivity index (χ0v) is 7.16. The molecule has 0 unspecified atom stereocenters. The molecule has 3 nitrogen and oxygen atoms in total. The summed E-state index contributed by atoms with van der Waals surface area (Å²) in [5.74, 6) is 1.99. The van der Waals surface area contributed by atoms with Gasteiger partial charge in [-0.3, -0.25) is 0 Å². The Kier molecular flexibility index (Phi) is 1.94. The summed E-state index contributed by atoms with van der Waals surface area (Å²) in [6.45, 7) is 1.85. The third kappa shape index (κ3) is 1.40. The first-order chi connectivity index (χ1) is 5.86. The summed E-state index contributed by atoms with van der Waals surface area (Å²) in [7, 11) is 0. The summed E-state index contributed by atoms with van der Waals surface area (Å²) in [5.41, 5.74) is 0. The quantitative estimate of drug-likeness (QED) is 0.597. The van der Waals surface area contributed by atoms with E-state index in [1.165, 1.54) is 0 Å². The molecule has 3 heteroatoms. The topological polar surface area (TPSA) is 38.9 Å². The van der Waals surface area contributed by atoms with Crippen LogP contribution in [0.25, 0.3) is 0 Å². The molecule has 0 aliphatic heterocycles. The smallest absolute Gasteiger partial charge is 0.230 e. The number of hydrogen-bond donors (Lipinski definition) is 0. The van der Waals surface area contributed by atoms with Crippen LogP contribution in [0.2, 0.25) is 0 Å². The minimum absolute atomic E-state index is 0.455. The van der Waals surface area contributed by atoms with Gasteiger partial charge in [-0.2, -0.15) is 4.98 Å². The molecule has 0 amide bonds. The highest BCUT2D eigenvalue weighted by Crippen LogP contribution is 2.27. The van der Waals surface area contributed by atoms with E-state index >= 15 is 0 Å². The molecule has 0 bridgehead atoms. The highest BCUT2D eigenvalue weighted by molar-refractivity contribution is 5.02. The minimum atomic E-state index is 0.455. The van der Waals surface area contributed by atoms with Crippen LogP contribution in [0.15, 0.2) is 16.7 Å². The summed E-state index contributed by atoms with van der Waals surface area (Å²) >= 11 is 0. The molecule has 0 saturated carbocycles. The molecule has 2 rings (SSSR count). The molecule has 1 atom stereocenters. The van der Waals surface area contributed by atoms with Crippen molar-refractivity contribution in [1.82, 2.24) is 10.1 Å². The Balaban J connectivity index is 2.14. The predicted molar refractivity (Wildman–Crippen MR) is 44.8 cm³/mol. The first-order valence-electron chi connectivity index (χ1n) is 4.31.